The average molecular weight is 282 g/mol. The molecule has 0 amide bonds. The number of hydrogen-bond donors (Lipinski definition) is 1. The number of cyclic esters (lactones) is 1. The van der Waals surface area contributed by atoms with Gasteiger partial charge in [0.1, 0.15) is 17.3 Å². The van der Waals surface area contributed by atoms with E-state index in [0.29, 0.717) is 22.5 Å². The predicted octanol–water partition coefficient (Wildman–Crippen LogP) is 3.51. The van der Waals surface area contributed by atoms with Crippen LogP contribution in [0.1, 0.15) is 11.1 Å². The van der Waals surface area contributed by atoms with E-state index in [-0.39, 0.29) is 11.6 Å². The molecule has 0 saturated carbocycles. The van der Waals surface area contributed by atoms with Gasteiger partial charge >= 0.3 is 5.97 Å². The third-order valence-electron chi connectivity index (χ3n) is 3.10. The van der Waals surface area contributed by atoms with Gasteiger partial charge in [0.15, 0.2) is 0 Å². The Labute approximate surface area is 120 Å². The van der Waals surface area contributed by atoms with Crippen molar-refractivity contribution in [1.29, 1.82) is 0 Å². The summed E-state index contributed by atoms with van der Waals surface area (Å²) in [4.78, 5) is 11.8. The Morgan fingerprint density at radius 2 is 1.76 bits per heavy atom. The minimum absolute atomic E-state index is 0.0847. The molecule has 21 heavy (non-hydrogen) atoms. The number of phenols is 1. The van der Waals surface area contributed by atoms with Gasteiger partial charge in [0.05, 0.1) is 5.57 Å². The van der Waals surface area contributed by atoms with E-state index < -0.39 is 5.97 Å². The lowest BCUT2D eigenvalue weighted by molar-refractivity contribution is -0.130. The van der Waals surface area contributed by atoms with Gasteiger partial charge < -0.3 is 9.84 Å². The summed E-state index contributed by atoms with van der Waals surface area (Å²) in [7, 11) is 0. The van der Waals surface area contributed by atoms with Gasteiger partial charge in [0.25, 0.3) is 0 Å². The molecular formula is C17H11FO3. The smallest absolute Gasteiger partial charge is 0.343 e. The summed E-state index contributed by atoms with van der Waals surface area (Å²) in [5.41, 5.74) is 1.47. The minimum Gasteiger partial charge on any atom is -0.507 e. The van der Waals surface area contributed by atoms with Crippen molar-refractivity contribution in [2.24, 2.45) is 0 Å². The highest BCUT2D eigenvalue weighted by molar-refractivity contribution is 6.05. The van der Waals surface area contributed by atoms with Crippen molar-refractivity contribution in [3.63, 3.8) is 0 Å². The molecule has 0 bridgehead atoms. The molecule has 1 N–H and O–H groups in total. The Balaban J connectivity index is 1.96. The monoisotopic (exact) mass is 282 g/mol. The summed E-state index contributed by atoms with van der Waals surface area (Å²) in [6.07, 6.45) is 3.12. The van der Waals surface area contributed by atoms with E-state index in [0.717, 1.165) is 0 Å². The van der Waals surface area contributed by atoms with Gasteiger partial charge in [-0.25, -0.2) is 9.18 Å². The van der Waals surface area contributed by atoms with E-state index in [1.807, 2.05) is 0 Å². The second-order valence-corrected chi connectivity index (χ2v) is 4.56. The molecule has 2 aromatic carbocycles. The van der Waals surface area contributed by atoms with Gasteiger partial charge in [-0.15, -0.1) is 0 Å². The molecule has 104 valence electrons. The Morgan fingerprint density at radius 3 is 2.48 bits per heavy atom. The van der Waals surface area contributed by atoms with Crippen molar-refractivity contribution < 1.29 is 19.0 Å². The summed E-state index contributed by atoms with van der Waals surface area (Å²) in [6, 6.07) is 12.4. The lowest BCUT2D eigenvalue weighted by Gasteiger charge is -2.00. The topological polar surface area (TPSA) is 46.5 Å². The predicted molar refractivity (Wildman–Crippen MR) is 76.6 cm³/mol. The number of para-hydroxylation sites is 1. The van der Waals surface area contributed by atoms with Crippen LogP contribution in [0, 0.1) is 5.82 Å². The first kappa shape index (κ1) is 13.1. The highest BCUT2D eigenvalue weighted by atomic mass is 19.1. The number of carbonyl (C=O) groups is 1. The van der Waals surface area contributed by atoms with E-state index in [1.54, 1.807) is 30.4 Å². The maximum atomic E-state index is 12.9. The summed E-state index contributed by atoms with van der Waals surface area (Å²) in [5.74, 6) is -0.408. The lowest BCUT2D eigenvalue weighted by Crippen LogP contribution is -1.97. The van der Waals surface area contributed by atoms with Crippen molar-refractivity contribution in [3.05, 3.63) is 77.1 Å². The van der Waals surface area contributed by atoms with Crippen molar-refractivity contribution in [2.45, 2.75) is 0 Å². The second-order valence-electron chi connectivity index (χ2n) is 4.56. The van der Waals surface area contributed by atoms with Crippen molar-refractivity contribution >= 4 is 17.8 Å². The molecular weight excluding hydrogens is 271 g/mol. The summed E-state index contributed by atoms with van der Waals surface area (Å²) < 4.78 is 18.1. The molecule has 1 heterocycles. The van der Waals surface area contributed by atoms with Gasteiger partial charge in [-0.3, -0.25) is 0 Å². The van der Waals surface area contributed by atoms with Crippen molar-refractivity contribution in [3.8, 4) is 5.75 Å². The van der Waals surface area contributed by atoms with E-state index in [1.165, 1.54) is 30.3 Å². The van der Waals surface area contributed by atoms with Crippen LogP contribution in [0.25, 0.3) is 11.8 Å². The molecule has 0 spiro atoms. The Hall–Kier alpha value is -2.88. The molecule has 0 atom stereocenters. The van der Waals surface area contributed by atoms with Gasteiger partial charge in [0.2, 0.25) is 0 Å². The van der Waals surface area contributed by atoms with E-state index in [2.05, 4.69) is 0 Å². The van der Waals surface area contributed by atoms with E-state index in [9.17, 15) is 14.3 Å². The molecule has 0 aromatic heterocycles. The van der Waals surface area contributed by atoms with Crippen molar-refractivity contribution in [2.75, 3.05) is 0 Å². The number of carbonyl (C=O) groups excluding carboxylic acids is 1. The standard InChI is InChI=1S/C17H11FO3/c18-14-7-5-11(6-8-14)16-10-13(17(20)21-16)9-12-3-1-2-4-15(12)19/h1-10,19H/b13-9+. The minimum atomic E-state index is -0.502. The van der Waals surface area contributed by atoms with Crippen LogP contribution in [-0.4, -0.2) is 11.1 Å². The zero-order valence-electron chi connectivity index (χ0n) is 10.9. The maximum Gasteiger partial charge on any atom is 0.343 e. The van der Waals surface area contributed by atoms with Gasteiger partial charge in [-0.05, 0) is 42.5 Å². The third kappa shape index (κ3) is 2.69. The molecule has 1 aliphatic rings. The summed E-state index contributed by atoms with van der Waals surface area (Å²) >= 11 is 0. The first-order chi connectivity index (χ1) is 10.1. The highest BCUT2D eigenvalue weighted by Crippen LogP contribution is 2.29. The maximum absolute atomic E-state index is 12.9. The molecule has 3 rings (SSSR count). The summed E-state index contributed by atoms with van der Waals surface area (Å²) in [5, 5.41) is 9.71. The van der Waals surface area contributed by atoms with Crippen LogP contribution in [-0.2, 0) is 9.53 Å². The zero-order chi connectivity index (χ0) is 14.8. The Bertz CT molecular complexity index is 758. The van der Waals surface area contributed by atoms with Crippen molar-refractivity contribution in [1.82, 2.24) is 0 Å². The first-order valence-corrected chi connectivity index (χ1v) is 6.33. The molecule has 0 aliphatic carbocycles. The Morgan fingerprint density at radius 1 is 1.05 bits per heavy atom. The first-order valence-electron chi connectivity index (χ1n) is 6.33. The number of ether oxygens (including phenoxy) is 1. The number of hydrogen-bond acceptors (Lipinski definition) is 3. The zero-order valence-corrected chi connectivity index (χ0v) is 10.9. The number of esters is 1. The second kappa shape index (κ2) is 5.25. The third-order valence-corrected chi connectivity index (χ3v) is 3.10. The molecule has 3 nitrogen and oxygen atoms in total. The molecule has 1 aliphatic heterocycles. The normalized spacial score (nSPS) is 16.0. The average Bonchev–Trinajstić information content (AvgIpc) is 2.83. The number of phenolic OH excluding ortho intramolecular Hbond substituents is 1. The van der Waals surface area contributed by atoms with Crippen LogP contribution in [0.2, 0.25) is 0 Å². The van der Waals surface area contributed by atoms with Gasteiger partial charge in [0, 0.05) is 11.1 Å². The highest BCUT2D eigenvalue weighted by Gasteiger charge is 2.22. The number of rotatable bonds is 2. The molecule has 0 saturated heterocycles. The van der Waals surface area contributed by atoms with Crippen LogP contribution >= 0.6 is 0 Å². The fraction of sp³-hybridized carbons (Fsp3) is 0. The van der Waals surface area contributed by atoms with E-state index in [4.69, 9.17) is 4.74 Å². The van der Waals surface area contributed by atoms with Crippen LogP contribution in [0.4, 0.5) is 4.39 Å². The molecule has 0 unspecified atom stereocenters. The van der Waals surface area contributed by atoms with Crippen LogP contribution in [0.3, 0.4) is 0 Å². The van der Waals surface area contributed by atoms with Crippen LogP contribution in [0.5, 0.6) is 5.75 Å². The summed E-state index contributed by atoms with van der Waals surface area (Å²) in [6.45, 7) is 0. The largest absolute Gasteiger partial charge is 0.507 e. The molecule has 0 radical (unpaired) electrons. The number of benzene rings is 2. The number of halogens is 1. The molecule has 4 heteroatoms. The van der Waals surface area contributed by atoms with Gasteiger partial charge in [-0.1, -0.05) is 18.2 Å². The lowest BCUT2D eigenvalue weighted by atomic mass is 10.1. The molecule has 0 fully saturated rings. The Kier molecular flexibility index (Phi) is 3.28. The van der Waals surface area contributed by atoms with Crippen LogP contribution in [0.15, 0.2) is 60.2 Å². The fourth-order valence-corrected chi connectivity index (χ4v) is 2.02. The van der Waals surface area contributed by atoms with Crippen LogP contribution < -0.4 is 0 Å². The number of aromatic hydroxyl groups is 1. The van der Waals surface area contributed by atoms with E-state index >= 15 is 0 Å². The fourth-order valence-electron chi connectivity index (χ4n) is 2.02. The van der Waals surface area contributed by atoms with Gasteiger partial charge in [-0.2, -0.15) is 0 Å². The quantitative estimate of drug-likeness (QED) is 0.677. The molecule has 2 aromatic rings. The SMILES string of the molecule is O=C1OC(c2ccc(F)cc2)=C/C1=C\c1ccccc1O.